The molecule has 0 bridgehead atoms. The maximum absolute atomic E-state index is 13.2. The van der Waals surface area contributed by atoms with Gasteiger partial charge in [-0.3, -0.25) is 9.59 Å². The molecule has 0 fully saturated rings. The average Bonchev–Trinajstić information content (AvgIpc) is 3.14. The Labute approximate surface area is 335 Å². The van der Waals surface area contributed by atoms with E-state index in [1.807, 2.05) is 0 Å². The van der Waals surface area contributed by atoms with Gasteiger partial charge in [-0.25, -0.2) is 0 Å². The Balaban J connectivity index is 2.78. The van der Waals surface area contributed by atoms with Crippen LogP contribution in [0.2, 0.25) is 0 Å². The number of hydrogen-bond acceptors (Lipinski definition) is 5. The van der Waals surface area contributed by atoms with Gasteiger partial charge in [-0.05, 0) is 74.4 Å². The zero-order chi connectivity index (χ0) is 39.5. The predicted octanol–water partition coefficient (Wildman–Crippen LogP) is 14.8. The maximum Gasteiger partial charge on any atom is 0.306 e. The standard InChI is InChI=1S/C49H89NO4/c1-7-11-15-19-23-27-31-43(32-28-24-20-16-12-8-2)38-48(51)53-41-46-35-45(40-50(5)6)36-47(37-46)42-54-49(52)39-44(33-29-25-21-17-13-9-3)34-30-26-22-18-14-10-4/h35-37,43-44H,7-34,38-42H2,1-6H3. The van der Waals surface area contributed by atoms with Crippen molar-refractivity contribution in [3.05, 3.63) is 34.9 Å². The van der Waals surface area contributed by atoms with Gasteiger partial charge in [0.2, 0.25) is 0 Å². The van der Waals surface area contributed by atoms with E-state index in [1.54, 1.807) is 0 Å². The zero-order valence-corrected chi connectivity index (χ0v) is 36.8. The number of nitrogens with zero attached hydrogens (tertiary/aromatic N) is 1. The van der Waals surface area contributed by atoms with E-state index < -0.39 is 0 Å². The number of unbranched alkanes of at least 4 members (excludes halogenated alkanes) is 20. The van der Waals surface area contributed by atoms with E-state index in [9.17, 15) is 9.59 Å². The molecule has 0 atom stereocenters. The lowest BCUT2D eigenvalue weighted by molar-refractivity contribution is -0.147. The highest BCUT2D eigenvalue weighted by Gasteiger charge is 2.17. The fourth-order valence-electron chi connectivity index (χ4n) is 7.93. The Kier molecular flexibility index (Phi) is 33.0. The number of esters is 2. The van der Waals surface area contributed by atoms with Gasteiger partial charge < -0.3 is 14.4 Å². The van der Waals surface area contributed by atoms with Crippen molar-refractivity contribution in [2.45, 2.75) is 240 Å². The summed E-state index contributed by atoms with van der Waals surface area (Å²) in [5.74, 6) is 0.668. The lowest BCUT2D eigenvalue weighted by Crippen LogP contribution is -2.14. The minimum Gasteiger partial charge on any atom is -0.461 e. The van der Waals surface area contributed by atoms with Crippen LogP contribution in [0.15, 0.2) is 18.2 Å². The highest BCUT2D eigenvalue weighted by Crippen LogP contribution is 2.25. The molecule has 0 aliphatic carbocycles. The van der Waals surface area contributed by atoms with Crippen LogP contribution in [0, 0.1) is 11.8 Å². The van der Waals surface area contributed by atoms with Gasteiger partial charge in [0.05, 0.1) is 0 Å². The summed E-state index contributed by atoms with van der Waals surface area (Å²) in [6, 6.07) is 6.34. The number of ether oxygens (including phenoxy) is 2. The Bertz CT molecular complexity index is 919. The van der Waals surface area contributed by atoms with Crippen LogP contribution in [0.1, 0.15) is 237 Å². The van der Waals surface area contributed by atoms with Gasteiger partial charge in [-0.15, -0.1) is 0 Å². The van der Waals surface area contributed by atoms with E-state index in [1.165, 1.54) is 154 Å². The van der Waals surface area contributed by atoms with Gasteiger partial charge in [-0.1, -0.05) is 194 Å². The normalized spacial score (nSPS) is 11.6. The molecule has 314 valence electrons. The number of benzene rings is 1. The van der Waals surface area contributed by atoms with Crippen molar-refractivity contribution >= 4 is 11.9 Å². The summed E-state index contributed by atoms with van der Waals surface area (Å²) in [6.07, 6.45) is 36.4. The molecule has 0 saturated carbocycles. The largest absolute Gasteiger partial charge is 0.461 e. The third-order valence-corrected chi connectivity index (χ3v) is 11.2. The minimum atomic E-state index is -0.0790. The van der Waals surface area contributed by atoms with Gasteiger partial charge in [0.15, 0.2) is 0 Å². The summed E-state index contributed by atoms with van der Waals surface area (Å²) in [5.41, 5.74) is 3.09. The van der Waals surface area contributed by atoms with Crippen LogP contribution in [-0.2, 0) is 38.8 Å². The summed E-state index contributed by atoms with van der Waals surface area (Å²) in [4.78, 5) is 28.6. The molecule has 0 spiro atoms. The number of rotatable bonds is 38. The van der Waals surface area contributed by atoms with Crippen LogP contribution in [0.4, 0.5) is 0 Å². The number of carbonyl (C=O) groups is 2. The predicted molar refractivity (Wildman–Crippen MR) is 232 cm³/mol. The van der Waals surface area contributed by atoms with Crippen LogP contribution in [-0.4, -0.2) is 30.9 Å². The lowest BCUT2D eigenvalue weighted by atomic mass is 9.91. The van der Waals surface area contributed by atoms with E-state index >= 15 is 0 Å². The van der Waals surface area contributed by atoms with Crippen molar-refractivity contribution in [1.29, 1.82) is 0 Å². The second kappa shape index (κ2) is 35.5. The first-order valence-corrected chi connectivity index (χ1v) is 23.4. The maximum atomic E-state index is 13.2. The molecule has 1 aromatic rings. The molecule has 0 aliphatic heterocycles. The average molecular weight is 756 g/mol. The van der Waals surface area contributed by atoms with E-state index in [0.29, 0.717) is 24.7 Å². The second-order valence-electron chi connectivity index (χ2n) is 17.1. The molecule has 54 heavy (non-hydrogen) atoms. The molecule has 5 nitrogen and oxygen atoms in total. The summed E-state index contributed by atoms with van der Waals surface area (Å²) >= 11 is 0. The molecule has 0 unspecified atom stereocenters. The van der Waals surface area contributed by atoms with Gasteiger partial charge >= 0.3 is 11.9 Å². The summed E-state index contributed by atoms with van der Waals surface area (Å²) in [6.45, 7) is 10.4. The van der Waals surface area contributed by atoms with Crippen LogP contribution in [0.5, 0.6) is 0 Å². The number of carbonyl (C=O) groups excluding carboxylic acids is 2. The summed E-state index contributed by atoms with van der Waals surface area (Å²) in [5, 5.41) is 0. The Hall–Kier alpha value is -1.88. The highest BCUT2D eigenvalue weighted by molar-refractivity contribution is 5.70. The molecule has 1 rings (SSSR count). The van der Waals surface area contributed by atoms with E-state index in [4.69, 9.17) is 9.47 Å². The minimum absolute atomic E-state index is 0.0790. The topological polar surface area (TPSA) is 55.8 Å². The van der Waals surface area contributed by atoms with Crippen molar-refractivity contribution in [2.24, 2.45) is 11.8 Å². The van der Waals surface area contributed by atoms with Crippen molar-refractivity contribution < 1.29 is 19.1 Å². The van der Waals surface area contributed by atoms with Gasteiger partial charge in [-0.2, -0.15) is 0 Å². The van der Waals surface area contributed by atoms with Gasteiger partial charge in [0.25, 0.3) is 0 Å². The summed E-state index contributed by atoms with van der Waals surface area (Å²) in [7, 11) is 4.13. The molecule has 0 saturated heterocycles. The Morgan fingerprint density at radius 3 is 1.02 bits per heavy atom. The van der Waals surface area contributed by atoms with E-state index in [0.717, 1.165) is 48.9 Å². The first-order chi connectivity index (χ1) is 26.3. The van der Waals surface area contributed by atoms with Crippen LogP contribution in [0.3, 0.4) is 0 Å². The number of hydrogen-bond donors (Lipinski definition) is 0. The van der Waals surface area contributed by atoms with Crippen LogP contribution < -0.4 is 0 Å². The van der Waals surface area contributed by atoms with Crippen molar-refractivity contribution in [3.8, 4) is 0 Å². The van der Waals surface area contributed by atoms with E-state index in [2.05, 4.69) is 64.9 Å². The zero-order valence-electron chi connectivity index (χ0n) is 36.8. The molecule has 0 aliphatic rings. The highest BCUT2D eigenvalue weighted by atomic mass is 16.5. The smallest absolute Gasteiger partial charge is 0.306 e. The fraction of sp³-hybridized carbons (Fsp3) is 0.837. The molecular weight excluding hydrogens is 667 g/mol. The molecular formula is C49H89NO4. The van der Waals surface area contributed by atoms with Crippen molar-refractivity contribution in [2.75, 3.05) is 14.1 Å². The molecule has 5 heteroatoms. The monoisotopic (exact) mass is 756 g/mol. The Morgan fingerprint density at radius 1 is 0.444 bits per heavy atom. The SMILES string of the molecule is CCCCCCCCC(CCCCCCCC)CC(=O)OCc1cc(COC(=O)CC(CCCCCCCC)CCCCCCCC)cc(CN(C)C)c1. The van der Waals surface area contributed by atoms with E-state index in [-0.39, 0.29) is 25.2 Å². The van der Waals surface area contributed by atoms with Gasteiger partial charge in [0.1, 0.15) is 13.2 Å². The third-order valence-electron chi connectivity index (χ3n) is 11.2. The molecule has 1 aromatic carbocycles. The van der Waals surface area contributed by atoms with Crippen LogP contribution >= 0.6 is 0 Å². The first-order valence-electron chi connectivity index (χ1n) is 23.4. The molecule has 0 radical (unpaired) electrons. The molecule has 0 heterocycles. The molecule has 0 aromatic heterocycles. The molecule has 0 N–H and O–H groups in total. The summed E-state index contributed by atoms with van der Waals surface area (Å²) < 4.78 is 11.9. The fourth-order valence-corrected chi connectivity index (χ4v) is 7.93. The molecule has 0 amide bonds. The van der Waals surface area contributed by atoms with Crippen LogP contribution in [0.25, 0.3) is 0 Å². The lowest BCUT2D eigenvalue weighted by Gasteiger charge is -2.18. The quantitative estimate of drug-likeness (QED) is 0.0497. The van der Waals surface area contributed by atoms with Crippen molar-refractivity contribution in [3.63, 3.8) is 0 Å². The Morgan fingerprint density at radius 2 is 0.722 bits per heavy atom. The van der Waals surface area contributed by atoms with Gasteiger partial charge in [0, 0.05) is 19.4 Å². The second-order valence-corrected chi connectivity index (χ2v) is 17.1. The third kappa shape index (κ3) is 29.4. The first kappa shape index (κ1) is 50.1. The van der Waals surface area contributed by atoms with Crippen molar-refractivity contribution in [1.82, 2.24) is 4.90 Å².